The summed E-state index contributed by atoms with van der Waals surface area (Å²) in [4.78, 5) is 28.9. The van der Waals surface area contributed by atoms with Crippen molar-refractivity contribution in [3.63, 3.8) is 0 Å². The molecule has 0 spiro atoms. The first-order valence-corrected chi connectivity index (χ1v) is 8.05. The fourth-order valence-electron chi connectivity index (χ4n) is 2.98. The lowest BCUT2D eigenvalue weighted by atomic mass is 9.96. The van der Waals surface area contributed by atoms with Gasteiger partial charge in [0.05, 0.1) is 15.9 Å². The first-order chi connectivity index (χ1) is 12.4. The summed E-state index contributed by atoms with van der Waals surface area (Å²) in [5.41, 5.74) is -0.165. The van der Waals surface area contributed by atoms with Crippen LogP contribution in [0, 0.1) is 20.2 Å². The van der Waals surface area contributed by atoms with E-state index in [1.54, 1.807) is 4.90 Å². The van der Waals surface area contributed by atoms with Crippen LogP contribution in [-0.4, -0.2) is 47.2 Å². The molecule has 2 aromatic rings. The minimum absolute atomic E-state index is 0.0876. The summed E-state index contributed by atoms with van der Waals surface area (Å²) in [5.74, 6) is 1.16. The van der Waals surface area contributed by atoms with Crippen molar-refractivity contribution < 1.29 is 14.4 Å². The van der Waals surface area contributed by atoms with Gasteiger partial charge in [0.25, 0.3) is 17.3 Å². The standard InChI is InChI=1S/C15H18N6O5/c1-18(2)15-16-14(26-17-15)10-5-7-19(8-6-10)12-4-3-11(20(22)23)9-13(12)21(24)25/h3-4,9-10H,5-8H2,1-2H3. The number of piperidine rings is 1. The smallest absolute Gasteiger partial charge is 0.299 e. The van der Waals surface area contributed by atoms with Crippen LogP contribution in [0.4, 0.5) is 23.0 Å². The molecule has 1 fully saturated rings. The van der Waals surface area contributed by atoms with Crippen molar-refractivity contribution in [1.29, 1.82) is 0 Å². The van der Waals surface area contributed by atoms with Gasteiger partial charge in [-0.25, -0.2) is 0 Å². The fourth-order valence-corrected chi connectivity index (χ4v) is 2.98. The normalized spacial score (nSPS) is 15.1. The van der Waals surface area contributed by atoms with Crippen molar-refractivity contribution in [2.45, 2.75) is 18.8 Å². The molecule has 0 N–H and O–H groups in total. The van der Waals surface area contributed by atoms with Crippen molar-refractivity contribution in [2.75, 3.05) is 37.0 Å². The average molecular weight is 362 g/mol. The minimum atomic E-state index is -0.638. The van der Waals surface area contributed by atoms with Gasteiger partial charge in [-0.3, -0.25) is 20.2 Å². The van der Waals surface area contributed by atoms with E-state index in [1.165, 1.54) is 12.1 Å². The van der Waals surface area contributed by atoms with Crippen molar-refractivity contribution in [1.82, 2.24) is 10.1 Å². The molecule has 0 atom stereocenters. The maximum absolute atomic E-state index is 11.3. The Labute approximate surface area is 148 Å². The molecule has 0 radical (unpaired) electrons. The van der Waals surface area contributed by atoms with E-state index >= 15 is 0 Å². The monoisotopic (exact) mass is 362 g/mol. The van der Waals surface area contributed by atoms with Crippen LogP contribution in [0.1, 0.15) is 24.7 Å². The van der Waals surface area contributed by atoms with Gasteiger partial charge in [0.2, 0.25) is 5.89 Å². The molecule has 1 aliphatic rings. The number of nitro benzene ring substituents is 2. The van der Waals surface area contributed by atoms with Crippen molar-refractivity contribution >= 4 is 23.0 Å². The zero-order valence-corrected chi connectivity index (χ0v) is 14.4. The first-order valence-electron chi connectivity index (χ1n) is 8.05. The summed E-state index contributed by atoms with van der Waals surface area (Å²) in [6.45, 7) is 1.12. The number of nitro groups is 2. The molecule has 3 rings (SSSR count). The molecule has 0 amide bonds. The molecule has 0 unspecified atom stereocenters. The fraction of sp³-hybridized carbons (Fsp3) is 0.467. The summed E-state index contributed by atoms with van der Waals surface area (Å²) >= 11 is 0. The van der Waals surface area contributed by atoms with E-state index in [0.29, 0.717) is 43.5 Å². The highest BCUT2D eigenvalue weighted by Gasteiger charge is 2.29. The maximum Gasteiger partial charge on any atom is 0.299 e. The molecule has 0 bridgehead atoms. The Kier molecular flexibility index (Phi) is 4.69. The number of rotatable bonds is 5. The molecule has 0 saturated carbocycles. The Balaban J connectivity index is 1.75. The molecule has 26 heavy (non-hydrogen) atoms. The minimum Gasteiger partial charge on any atom is -0.366 e. The summed E-state index contributed by atoms with van der Waals surface area (Å²) in [7, 11) is 3.65. The third-order valence-corrected chi connectivity index (χ3v) is 4.38. The SMILES string of the molecule is CN(C)c1noc(C2CCN(c3ccc([N+](=O)[O-])cc3[N+](=O)[O-])CC2)n1. The van der Waals surface area contributed by atoms with Crippen LogP contribution in [0.2, 0.25) is 0 Å². The summed E-state index contributed by atoms with van der Waals surface area (Å²) in [6, 6.07) is 3.73. The van der Waals surface area contributed by atoms with Gasteiger partial charge in [0.15, 0.2) is 0 Å². The van der Waals surface area contributed by atoms with E-state index in [4.69, 9.17) is 4.52 Å². The predicted molar refractivity (Wildman–Crippen MR) is 92.6 cm³/mol. The average Bonchev–Trinajstić information content (AvgIpc) is 3.11. The van der Waals surface area contributed by atoms with E-state index in [9.17, 15) is 20.2 Å². The molecule has 11 heteroatoms. The number of anilines is 2. The lowest BCUT2D eigenvalue weighted by Gasteiger charge is -2.31. The third-order valence-electron chi connectivity index (χ3n) is 4.38. The molecule has 1 aliphatic heterocycles. The number of hydrogen-bond acceptors (Lipinski definition) is 9. The Morgan fingerprint density at radius 1 is 1.19 bits per heavy atom. The summed E-state index contributed by atoms with van der Waals surface area (Å²) < 4.78 is 5.31. The van der Waals surface area contributed by atoms with E-state index in [0.717, 1.165) is 6.07 Å². The zero-order chi connectivity index (χ0) is 18.8. The van der Waals surface area contributed by atoms with Gasteiger partial charge in [0, 0.05) is 39.2 Å². The lowest BCUT2D eigenvalue weighted by molar-refractivity contribution is -0.393. The molecular weight excluding hydrogens is 344 g/mol. The molecule has 0 aliphatic carbocycles. The molecule has 1 saturated heterocycles. The predicted octanol–water partition coefficient (Wildman–Crippen LogP) is 2.34. The molecule has 2 heterocycles. The van der Waals surface area contributed by atoms with Crippen LogP contribution in [0.5, 0.6) is 0 Å². The number of aromatic nitrogens is 2. The van der Waals surface area contributed by atoms with E-state index < -0.39 is 9.85 Å². The van der Waals surface area contributed by atoms with E-state index in [1.807, 2.05) is 19.0 Å². The molecule has 1 aromatic heterocycles. The molecule has 1 aromatic carbocycles. The Morgan fingerprint density at radius 3 is 2.42 bits per heavy atom. The van der Waals surface area contributed by atoms with Gasteiger partial charge in [-0.15, -0.1) is 0 Å². The second-order valence-corrected chi connectivity index (χ2v) is 6.28. The number of nitrogens with zero attached hydrogens (tertiary/aromatic N) is 6. The Hall–Kier alpha value is -3.24. The van der Waals surface area contributed by atoms with Crippen LogP contribution < -0.4 is 9.80 Å². The molecule has 138 valence electrons. The van der Waals surface area contributed by atoms with Gasteiger partial charge in [-0.2, -0.15) is 4.98 Å². The maximum atomic E-state index is 11.3. The lowest BCUT2D eigenvalue weighted by Crippen LogP contribution is -2.33. The van der Waals surface area contributed by atoms with Crippen LogP contribution in [0.3, 0.4) is 0 Å². The van der Waals surface area contributed by atoms with Crippen molar-refractivity contribution in [3.8, 4) is 0 Å². The number of non-ortho nitro benzene ring substituents is 1. The number of benzene rings is 1. The summed E-state index contributed by atoms with van der Waals surface area (Å²) in [5, 5.41) is 26.1. The summed E-state index contributed by atoms with van der Waals surface area (Å²) in [6.07, 6.45) is 1.40. The van der Waals surface area contributed by atoms with Gasteiger partial charge >= 0.3 is 0 Å². The third kappa shape index (κ3) is 3.41. The highest BCUT2D eigenvalue weighted by Crippen LogP contribution is 2.36. The van der Waals surface area contributed by atoms with Crippen LogP contribution in [0.25, 0.3) is 0 Å². The van der Waals surface area contributed by atoms with Crippen molar-refractivity contribution in [3.05, 3.63) is 44.3 Å². The van der Waals surface area contributed by atoms with Crippen LogP contribution in [-0.2, 0) is 0 Å². The first kappa shape index (κ1) is 17.6. The second-order valence-electron chi connectivity index (χ2n) is 6.28. The Morgan fingerprint density at radius 2 is 1.88 bits per heavy atom. The molecule has 11 nitrogen and oxygen atoms in total. The van der Waals surface area contributed by atoms with Gasteiger partial charge < -0.3 is 14.3 Å². The van der Waals surface area contributed by atoms with E-state index in [2.05, 4.69) is 10.1 Å². The number of hydrogen-bond donors (Lipinski definition) is 0. The quantitative estimate of drug-likeness (QED) is 0.580. The van der Waals surface area contributed by atoms with Crippen LogP contribution in [0.15, 0.2) is 22.7 Å². The Bertz CT molecular complexity index is 828. The van der Waals surface area contributed by atoms with Gasteiger partial charge in [-0.05, 0) is 24.1 Å². The highest BCUT2D eigenvalue weighted by molar-refractivity contribution is 5.67. The van der Waals surface area contributed by atoms with Crippen LogP contribution >= 0.6 is 0 Å². The zero-order valence-electron chi connectivity index (χ0n) is 14.4. The van der Waals surface area contributed by atoms with Gasteiger partial charge in [0.1, 0.15) is 5.69 Å². The largest absolute Gasteiger partial charge is 0.366 e. The topological polar surface area (TPSA) is 132 Å². The van der Waals surface area contributed by atoms with Gasteiger partial charge in [-0.1, -0.05) is 0 Å². The highest BCUT2D eigenvalue weighted by atomic mass is 16.6. The molecular formula is C15H18N6O5. The van der Waals surface area contributed by atoms with Crippen molar-refractivity contribution in [2.24, 2.45) is 0 Å². The second kappa shape index (κ2) is 6.94. The van der Waals surface area contributed by atoms with E-state index in [-0.39, 0.29) is 17.3 Å².